The third-order valence-corrected chi connectivity index (χ3v) is 2.48. The van der Waals surface area contributed by atoms with E-state index in [9.17, 15) is 4.79 Å². The Morgan fingerprint density at radius 1 is 1.21 bits per heavy atom. The molecule has 0 heterocycles. The summed E-state index contributed by atoms with van der Waals surface area (Å²) in [4.78, 5) is 10.4. The summed E-state index contributed by atoms with van der Waals surface area (Å²) in [5.41, 5.74) is 2.36. The highest BCUT2D eigenvalue weighted by Crippen LogP contribution is 2.19. The molecular weight excluding hydrogens is 172 g/mol. The van der Waals surface area contributed by atoms with Crippen LogP contribution in [0.4, 0.5) is 0 Å². The lowest BCUT2D eigenvalue weighted by atomic mass is 10.0. The van der Waals surface area contributed by atoms with Gasteiger partial charge in [0.15, 0.2) is 0 Å². The Kier molecular flexibility index (Phi) is 2.32. The number of aryl methyl sites for hydroxylation is 1. The Balaban J connectivity index is 2.61. The smallest absolute Gasteiger partial charge is 0.124 e. The summed E-state index contributed by atoms with van der Waals surface area (Å²) >= 11 is 0. The van der Waals surface area contributed by atoms with Crippen molar-refractivity contribution in [3.63, 3.8) is 0 Å². The summed E-state index contributed by atoms with van der Waals surface area (Å²) < 4.78 is 0. The molecule has 0 aliphatic carbocycles. The summed E-state index contributed by atoms with van der Waals surface area (Å²) in [5.74, 6) is 0. The van der Waals surface area contributed by atoms with Crippen molar-refractivity contribution in [2.75, 3.05) is 0 Å². The van der Waals surface area contributed by atoms with Gasteiger partial charge in [-0.15, -0.1) is 0 Å². The molecule has 0 saturated heterocycles. The van der Waals surface area contributed by atoms with E-state index in [1.165, 1.54) is 16.3 Å². The van der Waals surface area contributed by atoms with Gasteiger partial charge < -0.3 is 4.79 Å². The number of hydrogen-bond donors (Lipinski definition) is 0. The van der Waals surface area contributed by atoms with Crippen LogP contribution in [0.3, 0.4) is 0 Å². The molecule has 0 amide bonds. The lowest BCUT2D eigenvalue weighted by Crippen LogP contribution is -1.86. The summed E-state index contributed by atoms with van der Waals surface area (Å²) in [6.07, 6.45) is 1.45. The minimum Gasteiger partial charge on any atom is -0.303 e. The predicted octanol–water partition coefficient (Wildman–Crippen LogP) is 2.89. The summed E-state index contributed by atoms with van der Waals surface area (Å²) in [6, 6.07) is 12.4. The first-order valence-corrected chi connectivity index (χ1v) is 4.73. The van der Waals surface area contributed by atoms with Crippen LogP contribution < -0.4 is 0 Å². The first kappa shape index (κ1) is 8.95. The van der Waals surface area contributed by atoms with Crippen LogP contribution in [0.2, 0.25) is 0 Å². The molecule has 2 aromatic carbocycles. The van der Waals surface area contributed by atoms with Crippen LogP contribution in [-0.2, 0) is 11.2 Å². The van der Waals surface area contributed by atoms with Gasteiger partial charge in [-0.25, -0.2) is 0 Å². The van der Waals surface area contributed by atoms with Crippen molar-refractivity contribution in [2.45, 2.75) is 13.3 Å². The molecule has 0 atom stereocenters. The standard InChI is InChI=1S/C13H12O/c1-10-3-2-4-12-9-11(7-8-14)5-6-13(10)12/h2-6,8-9H,7H2,1H3. The van der Waals surface area contributed by atoms with E-state index in [0.717, 1.165) is 11.8 Å². The van der Waals surface area contributed by atoms with Crippen molar-refractivity contribution in [1.82, 2.24) is 0 Å². The van der Waals surface area contributed by atoms with E-state index in [1.54, 1.807) is 0 Å². The number of rotatable bonds is 2. The van der Waals surface area contributed by atoms with E-state index in [2.05, 4.69) is 31.2 Å². The second-order valence-corrected chi connectivity index (χ2v) is 3.50. The minimum absolute atomic E-state index is 0.504. The fourth-order valence-electron chi connectivity index (χ4n) is 1.72. The van der Waals surface area contributed by atoms with Gasteiger partial charge in [-0.2, -0.15) is 0 Å². The molecule has 0 N–H and O–H groups in total. The number of aldehydes is 1. The Hall–Kier alpha value is -1.63. The van der Waals surface area contributed by atoms with Crippen LogP contribution in [0.1, 0.15) is 11.1 Å². The Morgan fingerprint density at radius 2 is 2.07 bits per heavy atom. The molecule has 0 aliphatic rings. The zero-order valence-electron chi connectivity index (χ0n) is 8.16. The molecule has 2 aromatic rings. The second-order valence-electron chi connectivity index (χ2n) is 3.50. The highest BCUT2D eigenvalue weighted by Gasteiger charge is 1.97. The van der Waals surface area contributed by atoms with Gasteiger partial charge in [-0.3, -0.25) is 0 Å². The Labute approximate surface area is 83.4 Å². The van der Waals surface area contributed by atoms with Gasteiger partial charge in [0.1, 0.15) is 6.29 Å². The molecule has 0 saturated carbocycles. The quantitative estimate of drug-likeness (QED) is 0.656. The zero-order chi connectivity index (χ0) is 9.97. The topological polar surface area (TPSA) is 17.1 Å². The van der Waals surface area contributed by atoms with Crippen molar-refractivity contribution in [3.8, 4) is 0 Å². The molecule has 0 radical (unpaired) electrons. The molecule has 14 heavy (non-hydrogen) atoms. The van der Waals surface area contributed by atoms with Gasteiger partial charge >= 0.3 is 0 Å². The van der Waals surface area contributed by atoms with Crippen LogP contribution in [0.5, 0.6) is 0 Å². The number of carbonyl (C=O) groups excluding carboxylic acids is 1. The van der Waals surface area contributed by atoms with Gasteiger partial charge in [-0.05, 0) is 28.8 Å². The summed E-state index contributed by atoms with van der Waals surface area (Å²) in [7, 11) is 0. The fraction of sp³-hybridized carbons (Fsp3) is 0.154. The lowest BCUT2D eigenvalue weighted by Gasteiger charge is -2.03. The monoisotopic (exact) mass is 184 g/mol. The van der Waals surface area contributed by atoms with E-state index in [1.807, 2.05) is 12.1 Å². The Morgan fingerprint density at radius 3 is 2.86 bits per heavy atom. The predicted molar refractivity (Wildman–Crippen MR) is 58.5 cm³/mol. The van der Waals surface area contributed by atoms with Crippen LogP contribution in [0.15, 0.2) is 36.4 Å². The van der Waals surface area contributed by atoms with E-state index in [0.29, 0.717) is 6.42 Å². The first-order chi connectivity index (χ1) is 6.81. The van der Waals surface area contributed by atoms with E-state index < -0.39 is 0 Å². The molecule has 0 fully saturated rings. The molecule has 0 aromatic heterocycles. The molecule has 1 heteroatoms. The van der Waals surface area contributed by atoms with Gasteiger partial charge in [0.05, 0.1) is 0 Å². The number of carbonyl (C=O) groups is 1. The minimum atomic E-state index is 0.504. The van der Waals surface area contributed by atoms with Crippen LogP contribution >= 0.6 is 0 Å². The molecule has 70 valence electrons. The van der Waals surface area contributed by atoms with Crippen LogP contribution in [0.25, 0.3) is 10.8 Å². The van der Waals surface area contributed by atoms with E-state index in [4.69, 9.17) is 0 Å². The SMILES string of the molecule is Cc1cccc2cc(CC=O)ccc12. The fourth-order valence-corrected chi connectivity index (χ4v) is 1.72. The maximum Gasteiger partial charge on any atom is 0.124 e. The van der Waals surface area contributed by atoms with Gasteiger partial charge in [0.2, 0.25) is 0 Å². The van der Waals surface area contributed by atoms with Gasteiger partial charge in [0, 0.05) is 6.42 Å². The molecule has 0 unspecified atom stereocenters. The molecule has 0 spiro atoms. The van der Waals surface area contributed by atoms with Crippen molar-refractivity contribution >= 4 is 17.1 Å². The molecule has 0 bridgehead atoms. The van der Waals surface area contributed by atoms with Crippen molar-refractivity contribution in [1.29, 1.82) is 0 Å². The van der Waals surface area contributed by atoms with E-state index in [-0.39, 0.29) is 0 Å². The average molecular weight is 184 g/mol. The normalized spacial score (nSPS) is 10.4. The third-order valence-electron chi connectivity index (χ3n) is 2.48. The maximum atomic E-state index is 10.4. The van der Waals surface area contributed by atoms with E-state index >= 15 is 0 Å². The second kappa shape index (κ2) is 3.62. The average Bonchev–Trinajstić information content (AvgIpc) is 2.18. The highest BCUT2D eigenvalue weighted by molar-refractivity contribution is 5.86. The maximum absolute atomic E-state index is 10.4. The first-order valence-electron chi connectivity index (χ1n) is 4.73. The van der Waals surface area contributed by atoms with Gasteiger partial charge in [0.25, 0.3) is 0 Å². The van der Waals surface area contributed by atoms with Gasteiger partial charge in [-0.1, -0.05) is 36.4 Å². The van der Waals surface area contributed by atoms with Crippen LogP contribution in [-0.4, -0.2) is 6.29 Å². The molecule has 1 nitrogen and oxygen atoms in total. The number of fused-ring (bicyclic) bond motifs is 1. The molecule has 2 rings (SSSR count). The lowest BCUT2D eigenvalue weighted by molar-refractivity contribution is -0.107. The van der Waals surface area contributed by atoms with Crippen molar-refractivity contribution < 1.29 is 4.79 Å². The summed E-state index contributed by atoms with van der Waals surface area (Å²) in [5, 5.41) is 2.48. The van der Waals surface area contributed by atoms with Crippen LogP contribution in [0, 0.1) is 6.92 Å². The largest absolute Gasteiger partial charge is 0.303 e. The van der Waals surface area contributed by atoms with Crippen molar-refractivity contribution in [3.05, 3.63) is 47.5 Å². The van der Waals surface area contributed by atoms with Crippen molar-refractivity contribution in [2.24, 2.45) is 0 Å². The number of benzene rings is 2. The zero-order valence-corrected chi connectivity index (χ0v) is 8.16. The molecule has 0 aliphatic heterocycles. The number of hydrogen-bond acceptors (Lipinski definition) is 1. The highest BCUT2D eigenvalue weighted by atomic mass is 16.1. The third kappa shape index (κ3) is 1.53. The Bertz CT molecular complexity index is 472. The molecular formula is C13H12O. The summed E-state index contributed by atoms with van der Waals surface area (Å²) in [6.45, 7) is 2.10.